The number of rotatable bonds is 3. The lowest BCUT2D eigenvalue weighted by molar-refractivity contribution is 0.473. The van der Waals surface area contributed by atoms with Crippen LogP contribution in [0.3, 0.4) is 0 Å². The minimum Gasteiger partial charge on any atom is -0.506 e. The van der Waals surface area contributed by atoms with E-state index in [-0.39, 0.29) is 5.75 Å². The Morgan fingerprint density at radius 2 is 2.23 bits per heavy atom. The molecule has 3 heteroatoms. The van der Waals surface area contributed by atoms with Crippen molar-refractivity contribution in [3.63, 3.8) is 0 Å². The molecular formula is C10H12ClNO. The van der Waals surface area contributed by atoms with Gasteiger partial charge in [-0.05, 0) is 24.6 Å². The molecule has 1 aromatic carbocycles. The number of hydrogen-bond acceptors (Lipinski definition) is 2. The number of nitrogens with two attached hydrogens (primary N) is 1. The van der Waals surface area contributed by atoms with Gasteiger partial charge >= 0.3 is 0 Å². The van der Waals surface area contributed by atoms with Crippen molar-refractivity contribution in [3.8, 4) is 5.75 Å². The summed E-state index contributed by atoms with van der Waals surface area (Å²) in [5.74, 6) is 0.0858. The van der Waals surface area contributed by atoms with Crippen molar-refractivity contribution in [2.45, 2.75) is 6.42 Å². The number of para-hydroxylation sites is 1. The normalized spacial score (nSPS) is 10.0. The molecule has 0 heterocycles. The van der Waals surface area contributed by atoms with Crippen LogP contribution >= 0.6 is 11.6 Å². The Labute approximate surface area is 82.6 Å². The highest BCUT2D eigenvalue weighted by molar-refractivity contribution is 6.32. The van der Waals surface area contributed by atoms with Crippen LogP contribution in [-0.2, 0) is 0 Å². The van der Waals surface area contributed by atoms with Gasteiger partial charge in [0.05, 0.1) is 5.02 Å². The van der Waals surface area contributed by atoms with Crippen LogP contribution < -0.4 is 5.73 Å². The first-order valence-electron chi connectivity index (χ1n) is 4.02. The van der Waals surface area contributed by atoms with Crippen LogP contribution in [0.15, 0.2) is 24.8 Å². The molecule has 0 saturated heterocycles. The second-order valence-corrected chi connectivity index (χ2v) is 3.19. The average molecular weight is 198 g/mol. The molecule has 13 heavy (non-hydrogen) atoms. The largest absolute Gasteiger partial charge is 0.506 e. The van der Waals surface area contributed by atoms with Crippen LogP contribution in [0, 0.1) is 0 Å². The third-order valence-corrected chi connectivity index (χ3v) is 2.12. The van der Waals surface area contributed by atoms with Crippen LogP contribution in [0.25, 0.3) is 5.57 Å². The Balaban J connectivity index is 3.01. The van der Waals surface area contributed by atoms with Gasteiger partial charge in [0.2, 0.25) is 0 Å². The molecule has 0 saturated carbocycles. The van der Waals surface area contributed by atoms with Gasteiger partial charge in [0.1, 0.15) is 5.75 Å². The number of phenolic OH excluding ortho intramolecular Hbond substituents is 1. The molecule has 0 atom stereocenters. The SMILES string of the molecule is C=C(CCN)c1cccc(Cl)c1O. The lowest BCUT2D eigenvalue weighted by Crippen LogP contribution is -1.99. The molecule has 2 nitrogen and oxygen atoms in total. The predicted octanol–water partition coefficient (Wildman–Crippen LogP) is 2.41. The molecule has 1 aromatic rings. The van der Waals surface area contributed by atoms with E-state index in [0.29, 0.717) is 23.6 Å². The maximum atomic E-state index is 9.56. The van der Waals surface area contributed by atoms with E-state index in [9.17, 15) is 5.11 Å². The predicted molar refractivity (Wildman–Crippen MR) is 55.8 cm³/mol. The standard InChI is InChI=1S/C10H12ClNO/c1-7(5-6-12)8-3-2-4-9(11)10(8)13/h2-4,13H,1,5-6,12H2. The van der Waals surface area contributed by atoms with E-state index in [4.69, 9.17) is 17.3 Å². The lowest BCUT2D eigenvalue weighted by atomic mass is 10.0. The second kappa shape index (κ2) is 4.30. The minimum absolute atomic E-state index is 0.0858. The van der Waals surface area contributed by atoms with Crippen molar-refractivity contribution in [1.82, 2.24) is 0 Å². The summed E-state index contributed by atoms with van der Waals surface area (Å²) in [6, 6.07) is 5.19. The van der Waals surface area contributed by atoms with Crippen molar-refractivity contribution in [2.75, 3.05) is 6.54 Å². The van der Waals surface area contributed by atoms with Gasteiger partial charge in [-0.2, -0.15) is 0 Å². The fourth-order valence-electron chi connectivity index (χ4n) is 1.11. The zero-order chi connectivity index (χ0) is 9.84. The molecule has 0 aromatic heterocycles. The lowest BCUT2D eigenvalue weighted by Gasteiger charge is -2.07. The number of halogens is 1. The Morgan fingerprint density at radius 3 is 2.85 bits per heavy atom. The van der Waals surface area contributed by atoms with Crippen molar-refractivity contribution in [1.29, 1.82) is 0 Å². The van der Waals surface area contributed by atoms with Crippen LogP contribution in [0.2, 0.25) is 5.02 Å². The maximum Gasteiger partial charge on any atom is 0.141 e. The second-order valence-electron chi connectivity index (χ2n) is 2.78. The Hall–Kier alpha value is -0.990. The molecule has 0 aliphatic heterocycles. The molecule has 70 valence electrons. The number of benzene rings is 1. The summed E-state index contributed by atoms with van der Waals surface area (Å²) in [4.78, 5) is 0. The van der Waals surface area contributed by atoms with Crippen LogP contribution in [0.4, 0.5) is 0 Å². The van der Waals surface area contributed by atoms with Gasteiger partial charge in [-0.3, -0.25) is 0 Å². The molecular weight excluding hydrogens is 186 g/mol. The van der Waals surface area contributed by atoms with Gasteiger partial charge < -0.3 is 10.8 Å². The molecule has 0 bridgehead atoms. The van der Waals surface area contributed by atoms with Crippen LogP contribution in [-0.4, -0.2) is 11.7 Å². The number of phenols is 1. The molecule has 0 spiro atoms. The summed E-state index contributed by atoms with van der Waals surface area (Å²) >= 11 is 5.74. The molecule has 0 aliphatic carbocycles. The Kier molecular flexibility index (Phi) is 3.34. The van der Waals surface area contributed by atoms with Gasteiger partial charge in [0.25, 0.3) is 0 Å². The summed E-state index contributed by atoms with van der Waals surface area (Å²) < 4.78 is 0. The van der Waals surface area contributed by atoms with E-state index in [1.807, 2.05) is 0 Å². The quantitative estimate of drug-likeness (QED) is 0.782. The summed E-state index contributed by atoms with van der Waals surface area (Å²) in [7, 11) is 0. The van der Waals surface area contributed by atoms with E-state index in [1.54, 1.807) is 18.2 Å². The van der Waals surface area contributed by atoms with Crippen molar-refractivity contribution in [3.05, 3.63) is 35.4 Å². The highest BCUT2D eigenvalue weighted by Gasteiger charge is 2.06. The summed E-state index contributed by atoms with van der Waals surface area (Å²) in [5, 5.41) is 9.90. The van der Waals surface area contributed by atoms with Gasteiger partial charge in [0, 0.05) is 5.56 Å². The fourth-order valence-corrected chi connectivity index (χ4v) is 1.28. The summed E-state index contributed by atoms with van der Waals surface area (Å²) in [6.45, 7) is 4.34. The molecule has 0 amide bonds. The van der Waals surface area contributed by atoms with Gasteiger partial charge in [-0.25, -0.2) is 0 Å². The highest BCUT2D eigenvalue weighted by atomic mass is 35.5. The molecule has 3 N–H and O–H groups in total. The van der Waals surface area contributed by atoms with E-state index in [1.165, 1.54) is 0 Å². The smallest absolute Gasteiger partial charge is 0.141 e. The first-order valence-corrected chi connectivity index (χ1v) is 4.40. The first-order chi connectivity index (χ1) is 6.16. The van der Waals surface area contributed by atoms with E-state index < -0.39 is 0 Å². The van der Waals surface area contributed by atoms with E-state index in [2.05, 4.69) is 6.58 Å². The van der Waals surface area contributed by atoms with Crippen molar-refractivity contribution in [2.24, 2.45) is 5.73 Å². The van der Waals surface area contributed by atoms with Gasteiger partial charge in [0.15, 0.2) is 0 Å². The van der Waals surface area contributed by atoms with Crippen molar-refractivity contribution < 1.29 is 5.11 Å². The van der Waals surface area contributed by atoms with Crippen LogP contribution in [0.1, 0.15) is 12.0 Å². The summed E-state index contributed by atoms with van der Waals surface area (Å²) in [6.07, 6.45) is 0.661. The van der Waals surface area contributed by atoms with Gasteiger partial charge in [-0.1, -0.05) is 30.3 Å². The minimum atomic E-state index is 0.0858. The highest BCUT2D eigenvalue weighted by Crippen LogP contribution is 2.32. The fraction of sp³-hybridized carbons (Fsp3) is 0.200. The number of aromatic hydroxyl groups is 1. The zero-order valence-corrected chi connectivity index (χ0v) is 8.01. The summed E-state index contributed by atoms with van der Waals surface area (Å²) in [5.41, 5.74) is 6.87. The number of hydrogen-bond donors (Lipinski definition) is 2. The molecule has 0 radical (unpaired) electrons. The first kappa shape index (κ1) is 10.1. The third kappa shape index (κ3) is 2.23. The molecule has 0 fully saturated rings. The average Bonchev–Trinajstić information content (AvgIpc) is 2.10. The molecule has 0 unspecified atom stereocenters. The zero-order valence-electron chi connectivity index (χ0n) is 7.26. The maximum absolute atomic E-state index is 9.56. The van der Waals surface area contributed by atoms with Crippen molar-refractivity contribution >= 4 is 17.2 Å². The van der Waals surface area contributed by atoms with Crippen LogP contribution in [0.5, 0.6) is 5.75 Å². The monoisotopic (exact) mass is 197 g/mol. The molecule has 0 aliphatic rings. The Bertz CT molecular complexity index is 323. The molecule has 1 rings (SSSR count). The van der Waals surface area contributed by atoms with E-state index in [0.717, 1.165) is 5.57 Å². The topological polar surface area (TPSA) is 46.2 Å². The Morgan fingerprint density at radius 1 is 1.54 bits per heavy atom. The van der Waals surface area contributed by atoms with E-state index >= 15 is 0 Å². The third-order valence-electron chi connectivity index (χ3n) is 1.81. The van der Waals surface area contributed by atoms with Gasteiger partial charge in [-0.15, -0.1) is 0 Å².